The molecule has 0 aliphatic carbocycles. The van der Waals surface area contributed by atoms with Gasteiger partial charge >= 0.3 is 0 Å². The number of halogens is 1. The molecule has 4 heteroatoms. The molecule has 0 fully saturated rings. The molecule has 0 aliphatic rings. The van der Waals surface area contributed by atoms with Crippen molar-refractivity contribution in [1.82, 2.24) is 9.97 Å². The van der Waals surface area contributed by atoms with Crippen molar-refractivity contribution in [2.75, 3.05) is 0 Å². The monoisotopic (exact) mass is 386 g/mol. The molecule has 0 atom stereocenters. The van der Waals surface area contributed by atoms with Gasteiger partial charge in [0.1, 0.15) is 6.29 Å². The highest BCUT2D eigenvalue weighted by Crippen LogP contribution is 2.39. The molecule has 0 spiro atoms. The number of allylic oxidation sites excluding steroid dienone is 1. The Morgan fingerprint density at radius 3 is 2.61 bits per heavy atom. The van der Waals surface area contributed by atoms with E-state index in [1.165, 1.54) is 0 Å². The van der Waals surface area contributed by atoms with Gasteiger partial charge < -0.3 is 4.98 Å². The van der Waals surface area contributed by atoms with Crippen molar-refractivity contribution in [3.05, 3.63) is 100 Å². The Kier molecular flexibility index (Phi) is 5.09. The van der Waals surface area contributed by atoms with Crippen LogP contribution < -0.4 is 0 Å². The van der Waals surface area contributed by atoms with E-state index in [0.29, 0.717) is 10.6 Å². The lowest BCUT2D eigenvalue weighted by Gasteiger charge is -2.18. The van der Waals surface area contributed by atoms with Gasteiger partial charge in [0.2, 0.25) is 0 Å². The lowest BCUT2D eigenvalue weighted by molar-refractivity contribution is 0.112. The van der Waals surface area contributed by atoms with Gasteiger partial charge in [-0.2, -0.15) is 0 Å². The van der Waals surface area contributed by atoms with E-state index in [-0.39, 0.29) is 0 Å². The highest BCUT2D eigenvalue weighted by atomic mass is 35.5. The first kappa shape index (κ1) is 18.2. The Balaban J connectivity index is 2.07. The summed E-state index contributed by atoms with van der Waals surface area (Å²) in [4.78, 5) is 18.5. The van der Waals surface area contributed by atoms with Crippen molar-refractivity contribution in [1.29, 1.82) is 0 Å². The number of hydrogen-bond acceptors (Lipinski definition) is 2. The first-order chi connectivity index (χ1) is 13.7. The lowest BCUT2D eigenvalue weighted by atomic mass is 9.87. The van der Waals surface area contributed by atoms with Crippen LogP contribution in [0.15, 0.2) is 73.2 Å². The Hall–Kier alpha value is -3.17. The summed E-state index contributed by atoms with van der Waals surface area (Å²) < 4.78 is 0. The second kappa shape index (κ2) is 7.83. The second-order valence-electron chi connectivity index (χ2n) is 6.55. The fraction of sp³-hybridized carbons (Fsp3) is 0.0833. The number of fused-ring (bicyclic) bond motifs is 1. The number of H-pyrrole nitrogens is 1. The van der Waals surface area contributed by atoms with Crippen LogP contribution in [0.2, 0.25) is 5.02 Å². The standard InChI is InChI=1S/C24H19ClN2O/c1-2-18(19-10-12-26-14-22(19)25)24(17-8-6-16(15-28)7-9-17)21-4-3-5-23-20(21)11-13-27-23/h3-15,27H,2H2,1H3. The molecule has 0 saturated heterocycles. The van der Waals surface area contributed by atoms with Crippen molar-refractivity contribution in [2.45, 2.75) is 13.3 Å². The molecule has 4 aromatic rings. The van der Waals surface area contributed by atoms with Crippen LogP contribution in [0.5, 0.6) is 0 Å². The van der Waals surface area contributed by atoms with Crippen LogP contribution in [0.3, 0.4) is 0 Å². The summed E-state index contributed by atoms with van der Waals surface area (Å²) in [5.74, 6) is 0. The fourth-order valence-corrected chi connectivity index (χ4v) is 3.88. The summed E-state index contributed by atoms with van der Waals surface area (Å²) in [6.07, 6.45) is 7.06. The quantitative estimate of drug-likeness (QED) is 0.403. The van der Waals surface area contributed by atoms with Crippen molar-refractivity contribution in [3.8, 4) is 0 Å². The molecule has 0 saturated carbocycles. The topological polar surface area (TPSA) is 45.8 Å². The molecule has 138 valence electrons. The summed E-state index contributed by atoms with van der Waals surface area (Å²) in [5.41, 5.74) is 7.13. The fourth-order valence-electron chi connectivity index (χ4n) is 3.65. The van der Waals surface area contributed by atoms with Crippen molar-refractivity contribution in [3.63, 3.8) is 0 Å². The minimum Gasteiger partial charge on any atom is -0.361 e. The van der Waals surface area contributed by atoms with Crippen LogP contribution in [0.1, 0.15) is 40.4 Å². The SMILES string of the molecule is CCC(=C(c1ccc(C=O)cc1)c1cccc2[nH]ccc12)c1ccncc1Cl. The predicted molar refractivity (Wildman–Crippen MR) is 116 cm³/mol. The second-order valence-corrected chi connectivity index (χ2v) is 6.95. The smallest absolute Gasteiger partial charge is 0.150 e. The molecule has 28 heavy (non-hydrogen) atoms. The van der Waals surface area contributed by atoms with Gasteiger partial charge in [-0.3, -0.25) is 9.78 Å². The molecule has 0 radical (unpaired) electrons. The van der Waals surface area contributed by atoms with Gasteiger partial charge in [-0.05, 0) is 52.5 Å². The molecule has 2 heterocycles. The molecule has 2 aromatic carbocycles. The molecule has 3 nitrogen and oxygen atoms in total. The van der Waals surface area contributed by atoms with E-state index in [0.717, 1.165) is 51.4 Å². The number of nitrogens with one attached hydrogen (secondary N) is 1. The van der Waals surface area contributed by atoms with Gasteiger partial charge in [-0.25, -0.2) is 0 Å². The van der Waals surface area contributed by atoms with Crippen LogP contribution in [0, 0.1) is 0 Å². The van der Waals surface area contributed by atoms with Crippen LogP contribution in [0.25, 0.3) is 22.0 Å². The average Bonchev–Trinajstić information content (AvgIpc) is 3.22. The van der Waals surface area contributed by atoms with E-state index in [9.17, 15) is 4.79 Å². The molecule has 0 aliphatic heterocycles. The number of benzene rings is 2. The molecule has 0 unspecified atom stereocenters. The van der Waals surface area contributed by atoms with E-state index in [1.807, 2.05) is 36.5 Å². The zero-order valence-electron chi connectivity index (χ0n) is 15.4. The summed E-state index contributed by atoms with van der Waals surface area (Å²) in [5, 5.41) is 1.77. The maximum Gasteiger partial charge on any atom is 0.150 e. The van der Waals surface area contributed by atoms with Gasteiger partial charge in [0.15, 0.2) is 0 Å². The number of rotatable bonds is 5. The van der Waals surface area contributed by atoms with Gasteiger partial charge in [0.25, 0.3) is 0 Å². The predicted octanol–water partition coefficient (Wildman–Crippen LogP) is 6.40. The molecule has 0 bridgehead atoms. The number of carbonyl (C=O) groups is 1. The first-order valence-electron chi connectivity index (χ1n) is 9.18. The maximum atomic E-state index is 11.1. The van der Waals surface area contributed by atoms with E-state index in [2.05, 4.69) is 41.2 Å². The van der Waals surface area contributed by atoms with E-state index in [4.69, 9.17) is 11.6 Å². The van der Waals surface area contributed by atoms with Gasteiger partial charge in [-0.1, -0.05) is 54.9 Å². The normalized spacial score (nSPS) is 12.1. The summed E-state index contributed by atoms with van der Waals surface area (Å²) >= 11 is 6.51. The molecular formula is C24H19ClN2O. The molecule has 2 aromatic heterocycles. The van der Waals surface area contributed by atoms with Crippen molar-refractivity contribution in [2.24, 2.45) is 0 Å². The molecular weight excluding hydrogens is 368 g/mol. The van der Waals surface area contributed by atoms with E-state index in [1.54, 1.807) is 12.4 Å². The number of hydrogen-bond donors (Lipinski definition) is 1. The zero-order valence-corrected chi connectivity index (χ0v) is 16.2. The number of aromatic nitrogens is 2. The van der Waals surface area contributed by atoms with E-state index >= 15 is 0 Å². The van der Waals surface area contributed by atoms with Gasteiger partial charge in [-0.15, -0.1) is 0 Å². The third kappa shape index (κ3) is 3.25. The number of nitrogens with zero attached hydrogens (tertiary/aromatic N) is 1. The Morgan fingerprint density at radius 1 is 1.07 bits per heavy atom. The highest BCUT2D eigenvalue weighted by Gasteiger charge is 2.17. The van der Waals surface area contributed by atoms with Gasteiger partial charge in [0, 0.05) is 35.1 Å². The number of pyridine rings is 1. The van der Waals surface area contributed by atoms with Crippen LogP contribution in [-0.2, 0) is 0 Å². The number of aromatic amines is 1. The van der Waals surface area contributed by atoms with Crippen LogP contribution >= 0.6 is 11.6 Å². The van der Waals surface area contributed by atoms with Crippen molar-refractivity contribution >= 4 is 39.9 Å². The van der Waals surface area contributed by atoms with Crippen molar-refractivity contribution < 1.29 is 4.79 Å². The average molecular weight is 387 g/mol. The minimum absolute atomic E-state index is 0.627. The third-order valence-corrected chi connectivity index (χ3v) is 5.25. The molecule has 1 N–H and O–H groups in total. The van der Waals surface area contributed by atoms with Crippen LogP contribution in [0.4, 0.5) is 0 Å². The summed E-state index contributed by atoms with van der Waals surface area (Å²) in [7, 11) is 0. The zero-order chi connectivity index (χ0) is 19.5. The summed E-state index contributed by atoms with van der Waals surface area (Å²) in [6.45, 7) is 2.13. The molecule has 4 rings (SSSR count). The van der Waals surface area contributed by atoms with Gasteiger partial charge in [0.05, 0.1) is 5.02 Å². The lowest BCUT2D eigenvalue weighted by Crippen LogP contribution is -1.97. The largest absolute Gasteiger partial charge is 0.361 e. The van der Waals surface area contributed by atoms with E-state index < -0.39 is 0 Å². The maximum absolute atomic E-state index is 11.1. The Labute approximate surface area is 168 Å². The number of carbonyl (C=O) groups excluding carboxylic acids is 1. The minimum atomic E-state index is 0.627. The molecule has 0 amide bonds. The first-order valence-corrected chi connectivity index (χ1v) is 9.56. The Morgan fingerprint density at radius 2 is 1.89 bits per heavy atom. The number of aldehydes is 1. The Bertz CT molecular complexity index is 1170. The highest BCUT2D eigenvalue weighted by molar-refractivity contribution is 6.32. The van der Waals surface area contributed by atoms with Crippen LogP contribution in [-0.4, -0.2) is 16.3 Å². The third-order valence-electron chi connectivity index (χ3n) is 4.95. The summed E-state index contributed by atoms with van der Waals surface area (Å²) in [6, 6.07) is 18.0.